The van der Waals surface area contributed by atoms with Gasteiger partial charge in [0.05, 0.1) is 7.11 Å². The highest BCUT2D eigenvalue weighted by Gasteiger charge is 2.05. The van der Waals surface area contributed by atoms with Crippen LogP contribution < -0.4 is 10.5 Å². The molecule has 0 saturated carbocycles. The number of halogens is 1. The highest BCUT2D eigenvalue weighted by atomic mass is 79.9. The van der Waals surface area contributed by atoms with E-state index in [4.69, 9.17) is 10.5 Å². The quantitative estimate of drug-likeness (QED) is 0.846. The maximum atomic E-state index is 5.75. The number of nitrogens with two attached hydrogens (primary N) is 1. The van der Waals surface area contributed by atoms with Gasteiger partial charge in [0.25, 0.3) is 0 Å². The van der Waals surface area contributed by atoms with Crippen molar-refractivity contribution < 1.29 is 4.74 Å². The molecule has 0 radical (unpaired) electrons. The Morgan fingerprint density at radius 3 is 2.67 bits per heavy atom. The summed E-state index contributed by atoms with van der Waals surface area (Å²) in [5.41, 5.74) is 6.82. The van der Waals surface area contributed by atoms with Gasteiger partial charge in [-0.2, -0.15) is 0 Å². The molecule has 1 aromatic carbocycles. The standard InChI is InChI=1S/C9H12BrNO/c1-6(11)8-5-7(12-2)3-4-9(8)10/h3-6H,11H2,1-2H3. The third kappa shape index (κ3) is 1.99. The molecule has 1 atom stereocenters. The lowest BCUT2D eigenvalue weighted by molar-refractivity contribution is 0.414. The summed E-state index contributed by atoms with van der Waals surface area (Å²) in [6, 6.07) is 5.80. The molecule has 0 aliphatic heterocycles. The molecule has 0 aromatic heterocycles. The third-order valence-corrected chi connectivity index (χ3v) is 2.42. The molecule has 0 saturated heterocycles. The summed E-state index contributed by atoms with van der Waals surface area (Å²) in [7, 11) is 1.65. The number of methoxy groups -OCH3 is 1. The van der Waals surface area contributed by atoms with Gasteiger partial charge in [-0.1, -0.05) is 15.9 Å². The second-order valence-corrected chi connectivity index (χ2v) is 3.53. The molecule has 0 bridgehead atoms. The van der Waals surface area contributed by atoms with Gasteiger partial charge in [0.2, 0.25) is 0 Å². The van der Waals surface area contributed by atoms with E-state index in [2.05, 4.69) is 15.9 Å². The largest absolute Gasteiger partial charge is 0.497 e. The summed E-state index contributed by atoms with van der Waals surface area (Å²) in [4.78, 5) is 0. The number of hydrogen-bond acceptors (Lipinski definition) is 2. The highest BCUT2D eigenvalue weighted by molar-refractivity contribution is 9.10. The molecular weight excluding hydrogens is 218 g/mol. The fraction of sp³-hybridized carbons (Fsp3) is 0.333. The Bertz CT molecular complexity index is 273. The van der Waals surface area contributed by atoms with Crippen molar-refractivity contribution >= 4 is 15.9 Å². The topological polar surface area (TPSA) is 35.2 Å². The highest BCUT2D eigenvalue weighted by Crippen LogP contribution is 2.26. The zero-order valence-corrected chi connectivity index (χ0v) is 8.76. The fourth-order valence-corrected chi connectivity index (χ4v) is 1.61. The van der Waals surface area contributed by atoms with Gasteiger partial charge in [-0.3, -0.25) is 0 Å². The zero-order chi connectivity index (χ0) is 9.14. The van der Waals surface area contributed by atoms with Crippen molar-refractivity contribution in [2.75, 3.05) is 7.11 Å². The average Bonchev–Trinajstić information content (AvgIpc) is 2.05. The first-order valence-corrected chi connectivity index (χ1v) is 4.53. The average molecular weight is 230 g/mol. The minimum Gasteiger partial charge on any atom is -0.497 e. The molecule has 2 N–H and O–H groups in total. The Labute approximate surface area is 80.8 Å². The predicted octanol–water partition coefficient (Wildman–Crippen LogP) is 2.48. The summed E-state index contributed by atoms with van der Waals surface area (Å²) in [6.45, 7) is 1.94. The predicted molar refractivity (Wildman–Crippen MR) is 53.3 cm³/mol. The molecule has 0 spiro atoms. The number of rotatable bonds is 2. The van der Waals surface area contributed by atoms with Gasteiger partial charge in [0.1, 0.15) is 5.75 Å². The molecule has 0 fully saturated rings. The third-order valence-electron chi connectivity index (χ3n) is 1.69. The van der Waals surface area contributed by atoms with Gasteiger partial charge in [0, 0.05) is 10.5 Å². The summed E-state index contributed by atoms with van der Waals surface area (Å²) >= 11 is 3.42. The van der Waals surface area contributed by atoms with Crippen LogP contribution in [0.4, 0.5) is 0 Å². The van der Waals surface area contributed by atoms with Crippen LogP contribution in [0.15, 0.2) is 22.7 Å². The van der Waals surface area contributed by atoms with E-state index in [9.17, 15) is 0 Å². The molecule has 1 aromatic rings. The lowest BCUT2D eigenvalue weighted by Gasteiger charge is -2.09. The Morgan fingerprint density at radius 2 is 2.17 bits per heavy atom. The van der Waals surface area contributed by atoms with E-state index in [0.29, 0.717) is 0 Å². The summed E-state index contributed by atoms with van der Waals surface area (Å²) in [5, 5.41) is 0. The molecule has 0 aliphatic carbocycles. The van der Waals surface area contributed by atoms with Crippen LogP contribution in [-0.2, 0) is 0 Å². The van der Waals surface area contributed by atoms with Crippen molar-refractivity contribution in [2.24, 2.45) is 5.73 Å². The van der Waals surface area contributed by atoms with E-state index in [-0.39, 0.29) is 6.04 Å². The van der Waals surface area contributed by atoms with Crippen LogP contribution in [0.25, 0.3) is 0 Å². The maximum absolute atomic E-state index is 5.75. The molecule has 1 unspecified atom stereocenters. The Kier molecular flexibility index (Phi) is 3.12. The molecule has 66 valence electrons. The fourth-order valence-electron chi connectivity index (χ4n) is 0.998. The van der Waals surface area contributed by atoms with Crippen molar-refractivity contribution in [3.05, 3.63) is 28.2 Å². The van der Waals surface area contributed by atoms with Crippen LogP contribution in [0.1, 0.15) is 18.5 Å². The van der Waals surface area contributed by atoms with Gasteiger partial charge in [-0.15, -0.1) is 0 Å². The number of benzene rings is 1. The van der Waals surface area contributed by atoms with Gasteiger partial charge in [-0.25, -0.2) is 0 Å². The van der Waals surface area contributed by atoms with Gasteiger partial charge in [0.15, 0.2) is 0 Å². The van der Waals surface area contributed by atoms with E-state index >= 15 is 0 Å². The number of ether oxygens (including phenoxy) is 1. The van der Waals surface area contributed by atoms with E-state index in [0.717, 1.165) is 15.8 Å². The maximum Gasteiger partial charge on any atom is 0.119 e. The SMILES string of the molecule is COc1ccc(Br)c(C(C)N)c1. The van der Waals surface area contributed by atoms with Crippen LogP contribution in [0.3, 0.4) is 0 Å². The molecule has 1 rings (SSSR count). The summed E-state index contributed by atoms with van der Waals surface area (Å²) < 4.78 is 6.11. The van der Waals surface area contributed by atoms with E-state index < -0.39 is 0 Å². The molecule has 12 heavy (non-hydrogen) atoms. The van der Waals surface area contributed by atoms with Crippen LogP contribution >= 0.6 is 15.9 Å². The monoisotopic (exact) mass is 229 g/mol. The van der Waals surface area contributed by atoms with E-state index in [1.165, 1.54) is 0 Å². The first-order chi connectivity index (χ1) is 5.65. The molecule has 0 aliphatic rings. The first kappa shape index (κ1) is 9.55. The van der Waals surface area contributed by atoms with Crippen molar-refractivity contribution in [3.63, 3.8) is 0 Å². The smallest absolute Gasteiger partial charge is 0.119 e. The second-order valence-electron chi connectivity index (χ2n) is 2.68. The molecule has 0 amide bonds. The van der Waals surface area contributed by atoms with Crippen LogP contribution in [0.5, 0.6) is 5.75 Å². The van der Waals surface area contributed by atoms with Crippen LogP contribution in [0.2, 0.25) is 0 Å². The van der Waals surface area contributed by atoms with Crippen molar-refractivity contribution in [2.45, 2.75) is 13.0 Å². The van der Waals surface area contributed by atoms with Gasteiger partial charge >= 0.3 is 0 Å². The van der Waals surface area contributed by atoms with Gasteiger partial charge in [-0.05, 0) is 30.7 Å². The lowest BCUT2D eigenvalue weighted by Crippen LogP contribution is -2.05. The van der Waals surface area contributed by atoms with E-state index in [1.807, 2.05) is 25.1 Å². The zero-order valence-electron chi connectivity index (χ0n) is 7.17. The van der Waals surface area contributed by atoms with Crippen LogP contribution in [-0.4, -0.2) is 7.11 Å². The normalized spacial score (nSPS) is 12.7. The van der Waals surface area contributed by atoms with Crippen LogP contribution in [0, 0.1) is 0 Å². The molecular formula is C9H12BrNO. The first-order valence-electron chi connectivity index (χ1n) is 3.74. The van der Waals surface area contributed by atoms with Crippen molar-refractivity contribution in [3.8, 4) is 5.75 Å². The molecule has 3 heteroatoms. The minimum atomic E-state index is 0.0227. The van der Waals surface area contributed by atoms with Gasteiger partial charge < -0.3 is 10.5 Å². The Morgan fingerprint density at radius 1 is 1.50 bits per heavy atom. The summed E-state index contributed by atoms with van der Waals surface area (Å²) in [5.74, 6) is 0.838. The lowest BCUT2D eigenvalue weighted by atomic mass is 10.1. The summed E-state index contributed by atoms with van der Waals surface area (Å²) in [6.07, 6.45) is 0. The Balaban J connectivity index is 3.08. The molecule has 0 heterocycles. The Hall–Kier alpha value is -0.540. The number of hydrogen-bond donors (Lipinski definition) is 1. The second kappa shape index (κ2) is 3.92. The van der Waals surface area contributed by atoms with Crippen molar-refractivity contribution in [1.29, 1.82) is 0 Å². The van der Waals surface area contributed by atoms with E-state index in [1.54, 1.807) is 7.11 Å². The van der Waals surface area contributed by atoms with Crippen molar-refractivity contribution in [1.82, 2.24) is 0 Å². The minimum absolute atomic E-state index is 0.0227. The molecule has 2 nitrogen and oxygen atoms in total.